The van der Waals surface area contributed by atoms with Gasteiger partial charge in [0.2, 0.25) is 12.1 Å². The van der Waals surface area contributed by atoms with Crippen LogP contribution in [0.5, 0.6) is 5.75 Å². The Balaban J connectivity index is 1.39. The molecule has 0 aromatic heterocycles. The summed E-state index contributed by atoms with van der Waals surface area (Å²) in [7, 11) is 0. The number of para-hydroxylation sites is 1. The number of ether oxygens (including phenoxy) is 2. The molecule has 174 valence electrons. The number of β-lactam (4-membered cyclic amide) rings is 1. The highest BCUT2D eigenvalue weighted by Gasteiger charge is 2.43. The van der Waals surface area contributed by atoms with E-state index in [2.05, 4.69) is 16.0 Å². The number of hydrogen-bond donors (Lipinski definition) is 3. The second kappa shape index (κ2) is 11.0. The van der Waals surface area contributed by atoms with Crippen LogP contribution in [0, 0.1) is 0 Å². The molecule has 3 aromatic carbocycles. The van der Waals surface area contributed by atoms with Gasteiger partial charge in [0.25, 0.3) is 5.91 Å². The number of rotatable bonds is 9. The van der Waals surface area contributed by atoms with Crippen LogP contribution in [0.4, 0.5) is 4.79 Å². The number of hydrogen-bond acceptors (Lipinski definition) is 5. The van der Waals surface area contributed by atoms with Gasteiger partial charge in [-0.3, -0.25) is 9.59 Å². The Labute approximate surface area is 197 Å². The van der Waals surface area contributed by atoms with Crippen molar-refractivity contribution in [1.29, 1.82) is 0 Å². The summed E-state index contributed by atoms with van der Waals surface area (Å²) in [5.41, 5.74) is 1.68. The maximum Gasteiger partial charge on any atom is 0.408 e. The molecule has 0 aliphatic carbocycles. The molecule has 3 N–H and O–H groups in total. The predicted octanol–water partition coefficient (Wildman–Crippen LogP) is 2.54. The van der Waals surface area contributed by atoms with E-state index in [4.69, 9.17) is 9.47 Å². The van der Waals surface area contributed by atoms with Crippen LogP contribution in [0.2, 0.25) is 0 Å². The van der Waals surface area contributed by atoms with Crippen LogP contribution in [0.1, 0.15) is 11.1 Å². The van der Waals surface area contributed by atoms with Gasteiger partial charge in [-0.25, -0.2) is 4.79 Å². The summed E-state index contributed by atoms with van der Waals surface area (Å²) >= 11 is 0. The summed E-state index contributed by atoms with van der Waals surface area (Å²) in [5.74, 6) is -0.309. The fraction of sp³-hybridized carbons (Fsp3) is 0.192. The number of amides is 3. The fourth-order valence-corrected chi connectivity index (χ4v) is 3.46. The van der Waals surface area contributed by atoms with Crippen LogP contribution in [0.3, 0.4) is 0 Å². The predicted molar refractivity (Wildman–Crippen MR) is 125 cm³/mol. The maximum atomic E-state index is 13.1. The molecule has 8 heteroatoms. The third-order valence-electron chi connectivity index (χ3n) is 5.28. The third-order valence-corrected chi connectivity index (χ3v) is 5.28. The minimum absolute atomic E-state index is 0.0738. The molecule has 0 saturated carbocycles. The molecule has 8 nitrogen and oxygen atoms in total. The summed E-state index contributed by atoms with van der Waals surface area (Å²) < 4.78 is 11.0. The summed E-state index contributed by atoms with van der Waals surface area (Å²) in [5, 5.41) is 7.94. The summed E-state index contributed by atoms with van der Waals surface area (Å²) in [4.78, 5) is 37.6. The smallest absolute Gasteiger partial charge is 0.408 e. The zero-order valence-electron chi connectivity index (χ0n) is 18.3. The normalized spacial score (nSPS) is 17.5. The number of nitrogens with one attached hydrogen (secondary N) is 3. The Hall–Kier alpha value is -4.33. The first-order valence-corrected chi connectivity index (χ1v) is 10.9. The molecule has 1 fully saturated rings. The van der Waals surface area contributed by atoms with E-state index in [0.29, 0.717) is 5.75 Å². The molecule has 3 amide bonds. The van der Waals surface area contributed by atoms with E-state index in [0.717, 1.165) is 11.1 Å². The van der Waals surface area contributed by atoms with Crippen LogP contribution >= 0.6 is 0 Å². The van der Waals surface area contributed by atoms with Crippen LogP contribution in [0.25, 0.3) is 0 Å². The molecule has 0 bridgehead atoms. The molecule has 1 aliphatic heterocycles. The van der Waals surface area contributed by atoms with Gasteiger partial charge in [-0.1, -0.05) is 78.9 Å². The van der Waals surface area contributed by atoms with Crippen molar-refractivity contribution in [3.63, 3.8) is 0 Å². The molecular formula is C26H25N3O5. The van der Waals surface area contributed by atoms with E-state index in [-0.39, 0.29) is 18.9 Å². The molecule has 34 heavy (non-hydrogen) atoms. The zero-order valence-corrected chi connectivity index (χ0v) is 18.3. The van der Waals surface area contributed by atoms with Gasteiger partial charge in [-0.15, -0.1) is 0 Å². The Bertz CT molecular complexity index is 1110. The fourth-order valence-electron chi connectivity index (χ4n) is 3.46. The van der Waals surface area contributed by atoms with Gasteiger partial charge >= 0.3 is 6.09 Å². The zero-order chi connectivity index (χ0) is 23.8. The molecule has 0 radical (unpaired) electrons. The van der Waals surface area contributed by atoms with Gasteiger partial charge in [0.05, 0.1) is 0 Å². The van der Waals surface area contributed by atoms with E-state index in [1.807, 2.05) is 78.9 Å². The largest absolute Gasteiger partial charge is 0.468 e. The van der Waals surface area contributed by atoms with Crippen LogP contribution in [0.15, 0.2) is 91.0 Å². The van der Waals surface area contributed by atoms with Crippen LogP contribution < -0.4 is 20.7 Å². The highest BCUT2D eigenvalue weighted by Crippen LogP contribution is 2.16. The lowest BCUT2D eigenvalue weighted by Crippen LogP contribution is -2.72. The Morgan fingerprint density at radius 1 is 0.853 bits per heavy atom. The van der Waals surface area contributed by atoms with Crippen molar-refractivity contribution in [2.24, 2.45) is 0 Å². The van der Waals surface area contributed by atoms with E-state index in [1.54, 1.807) is 12.1 Å². The van der Waals surface area contributed by atoms with Crippen molar-refractivity contribution < 1.29 is 23.9 Å². The highest BCUT2D eigenvalue weighted by molar-refractivity contribution is 5.95. The van der Waals surface area contributed by atoms with Gasteiger partial charge in [-0.05, 0) is 23.3 Å². The average molecular weight is 460 g/mol. The number of benzene rings is 3. The first kappa shape index (κ1) is 22.8. The van der Waals surface area contributed by atoms with Gasteiger partial charge in [0.15, 0.2) is 6.04 Å². The van der Waals surface area contributed by atoms with E-state index < -0.39 is 30.3 Å². The van der Waals surface area contributed by atoms with Crippen molar-refractivity contribution in [2.75, 3.05) is 0 Å². The number of carbonyl (C=O) groups excluding carboxylic acids is 3. The van der Waals surface area contributed by atoms with Gasteiger partial charge in [0.1, 0.15) is 18.4 Å². The number of carbonyl (C=O) groups is 3. The highest BCUT2D eigenvalue weighted by atomic mass is 16.5. The first-order valence-electron chi connectivity index (χ1n) is 10.9. The summed E-state index contributed by atoms with van der Waals surface area (Å²) in [6.07, 6.45) is -1.21. The Kier molecular flexibility index (Phi) is 7.39. The summed E-state index contributed by atoms with van der Waals surface area (Å²) in [6.45, 7) is 0.0738. The quantitative estimate of drug-likeness (QED) is 0.427. The Morgan fingerprint density at radius 3 is 2.06 bits per heavy atom. The molecule has 0 spiro atoms. The lowest BCUT2D eigenvalue weighted by atomic mass is 10.0. The van der Waals surface area contributed by atoms with E-state index in [1.165, 1.54) is 0 Å². The van der Waals surface area contributed by atoms with Gasteiger partial charge in [-0.2, -0.15) is 0 Å². The SMILES string of the molecule is O=C(N[C@@H](Cc1ccccc1)C(=O)N[C@H]1C(=O)N[C@@H]1Oc1ccccc1)OCc1ccccc1. The van der Waals surface area contributed by atoms with E-state index >= 15 is 0 Å². The molecular weight excluding hydrogens is 434 g/mol. The monoisotopic (exact) mass is 459 g/mol. The maximum absolute atomic E-state index is 13.1. The minimum atomic E-state index is -0.948. The van der Waals surface area contributed by atoms with Crippen LogP contribution in [-0.4, -0.2) is 36.2 Å². The average Bonchev–Trinajstić information content (AvgIpc) is 2.87. The van der Waals surface area contributed by atoms with Gasteiger partial charge in [0, 0.05) is 6.42 Å². The lowest BCUT2D eigenvalue weighted by Gasteiger charge is -2.37. The second-order valence-electron chi connectivity index (χ2n) is 7.79. The minimum Gasteiger partial charge on any atom is -0.468 e. The third kappa shape index (κ3) is 6.13. The molecule has 3 atom stereocenters. The Morgan fingerprint density at radius 2 is 1.44 bits per heavy atom. The topological polar surface area (TPSA) is 106 Å². The molecule has 1 aliphatic rings. The molecule has 1 saturated heterocycles. The first-order chi connectivity index (χ1) is 16.6. The molecule has 0 unspecified atom stereocenters. The molecule has 3 aromatic rings. The van der Waals surface area contributed by atoms with Crippen molar-refractivity contribution >= 4 is 17.9 Å². The second-order valence-corrected chi connectivity index (χ2v) is 7.79. The van der Waals surface area contributed by atoms with Gasteiger partial charge < -0.3 is 25.4 Å². The van der Waals surface area contributed by atoms with Crippen molar-refractivity contribution in [3.8, 4) is 5.75 Å². The van der Waals surface area contributed by atoms with Crippen LogP contribution in [-0.2, 0) is 27.4 Å². The van der Waals surface area contributed by atoms with Crippen molar-refractivity contribution in [1.82, 2.24) is 16.0 Å². The summed E-state index contributed by atoms with van der Waals surface area (Å²) in [6, 6.07) is 25.7. The molecule has 4 rings (SSSR count). The standard InChI is InChI=1S/C26H25N3O5/c30-23(28-22-24(31)29-25(22)34-20-14-8-3-9-15-20)21(16-18-10-4-1-5-11-18)27-26(32)33-17-19-12-6-2-7-13-19/h1-15,21-22,25H,16-17H2,(H,27,32)(H,28,30)(H,29,31)/t21-,22-,25+/m0/s1. The van der Waals surface area contributed by atoms with E-state index in [9.17, 15) is 14.4 Å². The van der Waals surface area contributed by atoms with Crippen molar-refractivity contribution in [3.05, 3.63) is 102 Å². The number of alkyl carbamates (subject to hydrolysis) is 1. The van der Waals surface area contributed by atoms with Crippen molar-refractivity contribution in [2.45, 2.75) is 31.3 Å². The molecule has 1 heterocycles. The lowest BCUT2D eigenvalue weighted by molar-refractivity contribution is -0.143.